The molecular formula is C17H23N3O5S. The van der Waals surface area contributed by atoms with Crippen LogP contribution in [0.15, 0.2) is 30.3 Å². The largest absolute Gasteiger partial charge is 0.451 e. The molecule has 26 heavy (non-hydrogen) atoms. The van der Waals surface area contributed by atoms with Crippen LogP contribution in [0.1, 0.15) is 23.7 Å². The number of hydrogen-bond donors (Lipinski definition) is 3. The van der Waals surface area contributed by atoms with Crippen LogP contribution in [0.3, 0.4) is 0 Å². The van der Waals surface area contributed by atoms with Gasteiger partial charge < -0.3 is 15.4 Å². The fourth-order valence-corrected chi connectivity index (χ4v) is 2.37. The summed E-state index contributed by atoms with van der Waals surface area (Å²) in [6.45, 7) is 1.35. The summed E-state index contributed by atoms with van der Waals surface area (Å²) in [5.74, 6) is -1.28. The number of thioether (sulfide) groups is 1. The fraction of sp³-hybridized carbons (Fsp3) is 0.412. The summed E-state index contributed by atoms with van der Waals surface area (Å²) >= 11 is 1.52. The monoisotopic (exact) mass is 381 g/mol. The number of esters is 1. The van der Waals surface area contributed by atoms with E-state index in [1.165, 1.54) is 25.7 Å². The second kappa shape index (κ2) is 11.1. The van der Waals surface area contributed by atoms with E-state index >= 15 is 0 Å². The van der Waals surface area contributed by atoms with Gasteiger partial charge in [0.2, 0.25) is 0 Å². The minimum absolute atomic E-state index is 0.350. The molecule has 0 fully saturated rings. The van der Waals surface area contributed by atoms with Crippen LogP contribution in [0.5, 0.6) is 0 Å². The van der Waals surface area contributed by atoms with Gasteiger partial charge in [-0.15, -0.1) is 0 Å². The molecule has 0 bridgehead atoms. The normalized spacial score (nSPS) is 12.4. The molecule has 0 aliphatic rings. The highest BCUT2D eigenvalue weighted by Gasteiger charge is 2.27. The summed E-state index contributed by atoms with van der Waals surface area (Å²) in [7, 11) is 1.36. The lowest BCUT2D eigenvalue weighted by molar-refractivity contribution is -0.156. The summed E-state index contributed by atoms with van der Waals surface area (Å²) in [5.41, 5.74) is 0.417. The van der Waals surface area contributed by atoms with Gasteiger partial charge in [0.1, 0.15) is 6.04 Å². The maximum atomic E-state index is 12.4. The summed E-state index contributed by atoms with van der Waals surface area (Å²) in [5, 5.41) is 6.88. The molecule has 0 aliphatic heterocycles. The van der Waals surface area contributed by atoms with E-state index in [2.05, 4.69) is 10.6 Å². The molecule has 1 rings (SSSR count). The average molecular weight is 381 g/mol. The smallest absolute Gasteiger partial charge is 0.329 e. The van der Waals surface area contributed by atoms with Gasteiger partial charge in [-0.2, -0.15) is 11.8 Å². The molecule has 0 aliphatic carbocycles. The second-order valence-corrected chi connectivity index (χ2v) is 6.31. The van der Waals surface area contributed by atoms with Gasteiger partial charge in [0.15, 0.2) is 6.10 Å². The Kier molecular flexibility index (Phi) is 9.21. The summed E-state index contributed by atoms with van der Waals surface area (Å²) in [6.07, 6.45) is 1.05. The van der Waals surface area contributed by atoms with Crippen molar-refractivity contribution in [3.8, 4) is 0 Å². The molecule has 2 atom stereocenters. The van der Waals surface area contributed by atoms with Crippen molar-refractivity contribution < 1.29 is 23.9 Å². The minimum atomic E-state index is -1.18. The van der Waals surface area contributed by atoms with Gasteiger partial charge in [0.25, 0.3) is 11.8 Å². The van der Waals surface area contributed by atoms with Crippen molar-refractivity contribution in [1.82, 2.24) is 16.0 Å². The van der Waals surface area contributed by atoms with Gasteiger partial charge in [0, 0.05) is 12.6 Å². The maximum absolute atomic E-state index is 12.4. The molecule has 0 spiro atoms. The number of benzene rings is 1. The van der Waals surface area contributed by atoms with Crippen LogP contribution in [0, 0.1) is 0 Å². The molecule has 4 amide bonds. The van der Waals surface area contributed by atoms with Crippen molar-refractivity contribution in [3.05, 3.63) is 35.9 Å². The van der Waals surface area contributed by atoms with Crippen LogP contribution in [0.25, 0.3) is 0 Å². The number of carbonyl (C=O) groups is 4. The molecule has 1 aromatic rings. The van der Waals surface area contributed by atoms with Gasteiger partial charge in [0.05, 0.1) is 0 Å². The molecule has 1 aromatic carbocycles. The first-order valence-corrected chi connectivity index (χ1v) is 9.36. The fourth-order valence-electron chi connectivity index (χ4n) is 1.90. The van der Waals surface area contributed by atoms with Crippen molar-refractivity contribution in [1.29, 1.82) is 0 Å². The molecule has 0 heterocycles. The van der Waals surface area contributed by atoms with E-state index < -0.39 is 36.0 Å². The lowest BCUT2D eigenvalue weighted by atomic mass is 10.1. The first-order chi connectivity index (χ1) is 12.4. The van der Waals surface area contributed by atoms with E-state index in [-0.39, 0.29) is 0 Å². The average Bonchev–Trinajstić information content (AvgIpc) is 2.65. The Morgan fingerprint density at radius 3 is 2.38 bits per heavy atom. The number of urea groups is 1. The number of rotatable bonds is 8. The Morgan fingerprint density at radius 1 is 1.15 bits per heavy atom. The van der Waals surface area contributed by atoms with Crippen LogP contribution in [0.4, 0.5) is 4.79 Å². The molecule has 0 aromatic heterocycles. The van der Waals surface area contributed by atoms with Gasteiger partial charge in [-0.3, -0.25) is 14.9 Å². The molecule has 0 saturated heterocycles. The standard InChI is InChI=1S/C17H23N3O5S/c1-11(14(21)20-17(24)18-2)25-16(23)13(9-10-26-3)19-15(22)12-7-5-4-6-8-12/h4-8,11,13H,9-10H2,1-3H3,(H,19,22)(H2,18,20,21,24)/t11-,13-/m0/s1. The van der Waals surface area contributed by atoms with E-state index in [1.807, 2.05) is 11.6 Å². The minimum Gasteiger partial charge on any atom is -0.451 e. The number of carbonyl (C=O) groups excluding carboxylic acids is 4. The predicted molar refractivity (Wildman–Crippen MR) is 98.8 cm³/mol. The lowest BCUT2D eigenvalue weighted by Crippen LogP contribution is -2.47. The lowest BCUT2D eigenvalue weighted by Gasteiger charge is -2.20. The highest BCUT2D eigenvalue weighted by Crippen LogP contribution is 2.07. The Morgan fingerprint density at radius 2 is 1.81 bits per heavy atom. The van der Waals surface area contributed by atoms with Gasteiger partial charge >= 0.3 is 12.0 Å². The number of ether oxygens (including phenoxy) is 1. The van der Waals surface area contributed by atoms with Gasteiger partial charge in [-0.25, -0.2) is 9.59 Å². The molecule has 8 nitrogen and oxygen atoms in total. The number of amides is 4. The third kappa shape index (κ3) is 7.14. The van der Waals surface area contributed by atoms with Crippen molar-refractivity contribution in [2.45, 2.75) is 25.5 Å². The Bertz CT molecular complexity index is 639. The number of nitrogens with one attached hydrogen (secondary N) is 3. The SMILES string of the molecule is CNC(=O)NC(=O)[C@H](C)OC(=O)[C@H](CCSC)NC(=O)c1ccccc1. The van der Waals surface area contributed by atoms with E-state index in [0.717, 1.165) is 0 Å². The van der Waals surface area contributed by atoms with Crippen LogP contribution in [-0.4, -0.2) is 55.0 Å². The third-order valence-corrected chi connectivity index (χ3v) is 4.01. The zero-order valence-electron chi connectivity index (χ0n) is 14.9. The molecule has 0 saturated carbocycles. The molecule has 9 heteroatoms. The first kappa shape index (κ1) is 21.5. The molecule has 0 unspecified atom stereocenters. The van der Waals surface area contributed by atoms with Crippen molar-refractivity contribution in [3.63, 3.8) is 0 Å². The van der Waals surface area contributed by atoms with E-state index in [0.29, 0.717) is 17.7 Å². The molecular weight excluding hydrogens is 358 g/mol. The topological polar surface area (TPSA) is 114 Å². The molecule has 142 valence electrons. The Hall–Kier alpha value is -2.55. The van der Waals surface area contributed by atoms with Gasteiger partial charge in [-0.1, -0.05) is 18.2 Å². The quantitative estimate of drug-likeness (QED) is 0.577. The number of imide groups is 1. The first-order valence-electron chi connectivity index (χ1n) is 7.97. The summed E-state index contributed by atoms with van der Waals surface area (Å²) in [4.78, 5) is 47.6. The van der Waals surface area contributed by atoms with Crippen LogP contribution in [0.2, 0.25) is 0 Å². The van der Waals surface area contributed by atoms with Crippen molar-refractivity contribution in [2.24, 2.45) is 0 Å². The number of hydrogen-bond acceptors (Lipinski definition) is 6. The second-order valence-electron chi connectivity index (χ2n) is 5.32. The Labute approximate surface area is 156 Å². The van der Waals surface area contributed by atoms with E-state index in [1.54, 1.807) is 30.3 Å². The highest BCUT2D eigenvalue weighted by atomic mass is 32.2. The van der Waals surface area contributed by atoms with Crippen molar-refractivity contribution >= 4 is 35.6 Å². The van der Waals surface area contributed by atoms with E-state index in [4.69, 9.17) is 4.74 Å². The zero-order chi connectivity index (χ0) is 19.5. The highest BCUT2D eigenvalue weighted by molar-refractivity contribution is 7.98. The summed E-state index contributed by atoms with van der Waals surface area (Å²) in [6, 6.07) is 6.88. The summed E-state index contributed by atoms with van der Waals surface area (Å²) < 4.78 is 5.10. The van der Waals surface area contributed by atoms with Crippen LogP contribution < -0.4 is 16.0 Å². The van der Waals surface area contributed by atoms with Crippen LogP contribution >= 0.6 is 11.8 Å². The zero-order valence-corrected chi connectivity index (χ0v) is 15.7. The van der Waals surface area contributed by atoms with Crippen LogP contribution in [-0.2, 0) is 14.3 Å². The van der Waals surface area contributed by atoms with E-state index in [9.17, 15) is 19.2 Å². The molecule has 0 radical (unpaired) electrons. The van der Waals surface area contributed by atoms with Crippen molar-refractivity contribution in [2.75, 3.05) is 19.1 Å². The molecule has 3 N–H and O–H groups in total. The maximum Gasteiger partial charge on any atom is 0.329 e. The predicted octanol–water partition coefficient (Wildman–Crippen LogP) is 0.925. The third-order valence-electron chi connectivity index (χ3n) is 3.36. The Balaban J connectivity index is 2.72. The van der Waals surface area contributed by atoms with Gasteiger partial charge in [-0.05, 0) is 37.5 Å².